The lowest BCUT2D eigenvalue weighted by molar-refractivity contribution is 0.0949. The maximum atomic E-state index is 12.3. The van der Waals surface area contributed by atoms with E-state index in [0.29, 0.717) is 19.8 Å². The number of hydrogen-bond donors (Lipinski definition) is 2. The van der Waals surface area contributed by atoms with Gasteiger partial charge in [-0.1, -0.05) is 12.1 Å². The molecule has 0 aliphatic carbocycles. The fraction of sp³-hybridized carbons (Fsp3) is 0.533. The molecule has 5 nitrogen and oxygen atoms in total. The quantitative estimate of drug-likeness (QED) is 0.849. The van der Waals surface area contributed by atoms with Crippen molar-refractivity contribution in [3.05, 3.63) is 29.8 Å². The van der Waals surface area contributed by atoms with Crippen LogP contribution in [0.1, 0.15) is 17.3 Å². The number of carbonyl (C=O) groups excluding carboxylic acids is 1. The molecule has 1 heterocycles. The highest BCUT2D eigenvalue weighted by Crippen LogP contribution is 2.21. The monoisotopic (exact) mass is 349 g/mol. The maximum Gasteiger partial charge on any atom is 0.253 e. The van der Waals surface area contributed by atoms with Crippen LogP contribution in [0.15, 0.2) is 24.3 Å². The number of para-hydroxylation sites is 1. The fourth-order valence-corrected chi connectivity index (χ4v) is 2.19. The first-order valence-corrected chi connectivity index (χ1v) is 7.09. The molecule has 22 heavy (non-hydrogen) atoms. The van der Waals surface area contributed by atoms with Crippen molar-refractivity contribution in [2.75, 3.05) is 44.8 Å². The SMILES string of the molecule is CNC(C)CNC(=O)c1ccccc1N1CCOCC1.Cl.Cl. The Bertz CT molecular complexity index is 454. The van der Waals surface area contributed by atoms with Crippen LogP contribution in [0.4, 0.5) is 5.69 Å². The van der Waals surface area contributed by atoms with Gasteiger partial charge in [0.1, 0.15) is 0 Å². The van der Waals surface area contributed by atoms with Crippen molar-refractivity contribution in [2.45, 2.75) is 13.0 Å². The molecule has 0 spiro atoms. The summed E-state index contributed by atoms with van der Waals surface area (Å²) in [5, 5.41) is 6.08. The lowest BCUT2D eigenvalue weighted by Crippen LogP contribution is -2.40. The maximum absolute atomic E-state index is 12.3. The van der Waals surface area contributed by atoms with Crippen LogP contribution in [-0.4, -0.2) is 51.8 Å². The number of likely N-dealkylation sites (N-methyl/N-ethyl adjacent to an activating group) is 1. The first-order valence-electron chi connectivity index (χ1n) is 7.09. The molecule has 1 aromatic carbocycles. The van der Waals surface area contributed by atoms with Gasteiger partial charge in [0, 0.05) is 31.4 Å². The van der Waals surface area contributed by atoms with Gasteiger partial charge in [0.15, 0.2) is 0 Å². The Morgan fingerprint density at radius 3 is 2.55 bits per heavy atom. The van der Waals surface area contributed by atoms with Crippen LogP contribution >= 0.6 is 24.8 Å². The largest absolute Gasteiger partial charge is 0.378 e. The molecule has 2 N–H and O–H groups in total. The summed E-state index contributed by atoms with van der Waals surface area (Å²) in [6.07, 6.45) is 0. The van der Waals surface area contributed by atoms with Gasteiger partial charge in [0.2, 0.25) is 0 Å². The number of amides is 1. The highest BCUT2D eigenvalue weighted by atomic mass is 35.5. The second kappa shape index (κ2) is 10.7. The zero-order valence-corrected chi connectivity index (χ0v) is 14.6. The van der Waals surface area contributed by atoms with Gasteiger partial charge < -0.3 is 20.3 Å². The van der Waals surface area contributed by atoms with E-state index in [9.17, 15) is 4.79 Å². The molecule has 0 saturated carbocycles. The predicted octanol–water partition coefficient (Wildman–Crippen LogP) is 1.70. The van der Waals surface area contributed by atoms with E-state index in [0.717, 1.165) is 24.3 Å². The van der Waals surface area contributed by atoms with Crippen LogP contribution in [0.25, 0.3) is 0 Å². The minimum absolute atomic E-state index is 0. The Labute approximate surface area is 144 Å². The number of nitrogens with one attached hydrogen (secondary N) is 2. The van der Waals surface area contributed by atoms with E-state index < -0.39 is 0 Å². The van der Waals surface area contributed by atoms with Crippen LogP contribution in [0.3, 0.4) is 0 Å². The minimum atomic E-state index is -0.0193. The van der Waals surface area contributed by atoms with Crippen molar-refractivity contribution in [1.82, 2.24) is 10.6 Å². The zero-order chi connectivity index (χ0) is 14.4. The summed E-state index contributed by atoms with van der Waals surface area (Å²) >= 11 is 0. The van der Waals surface area contributed by atoms with Gasteiger partial charge in [0.25, 0.3) is 5.91 Å². The molecule has 1 atom stereocenters. The normalized spacial score (nSPS) is 15.3. The Balaban J connectivity index is 0.00000220. The summed E-state index contributed by atoms with van der Waals surface area (Å²) in [7, 11) is 1.89. The summed E-state index contributed by atoms with van der Waals surface area (Å²) in [5.41, 5.74) is 1.73. The van der Waals surface area contributed by atoms with E-state index >= 15 is 0 Å². The van der Waals surface area contributed by atoms with Gasteiger partial charge in [-0.15, -0.1) is 24.8 Å². The second-order valence-electron chi connectivity index (χ2n) is 5.02. The van der Waals surface area contributed by atoms with Gasteiger partial charge >= 0.3 is 0 Å². The molecule has 0 aromatic heterocycles. The van der Waals surface area contributed by atoms with E-state index in [1.165, 1.54) is 0 Å². The standard InChI is InChI=1S/C15H23N3O2.2ClH/c1-12(16-2)11-17-15(19)13-5-3-4-6-14(13)18-7-9-20-10-8-18;;/h3-6,12,16H,7-11H2,1-2H3,(H,17,19);2*1H. The summed E-state index contributed by atoms with van der Waals surface area (Å²) in [5.74, 6) is -0.0193. The van der Waals surface area contributed by atoms with E-state index in [-0.39, 0.29) is 36.8 Å². The third-order valence-electron chi connectivity index (χ3n) is 3.56. The Kier molecular flexibility index (Phi) is 10.2. The number of rotatable bonds is 5. The van der Waals surface area contributed by atoms with Gasteiger partial charge in [-0.2, -0.15) is 0 Å². The van der Waals surface area contributed by atoms with E-state index in [1.54, 1.807) is 0 Å². The van der Waals surface area contributed by atoms with E-state index in [2.05, 4.69) is 15.5 Å². The lowest BCUT2D eigenvalue weighted by atomic mass is 10.1. The lowest BCUT2D eigenvalue weighted by Gasteiger charge is -2.30. The molecule has 1 saturated heterocycles. The first kappa shape index (κ1) is 21.0. The van der Waals surface area contributed by atoms with Crippen LogP contribution < -0.4 is 15.5 Å². The third kappa shape index (κ3) is 5.65. The Hall–Kier alpha value is -1.01. The van der Waals surface area contributed by atoms with E-state index in [1.807, 2.05) is 38.2 Å². The molecule has 7 heteroatoms. The van der Waals surface area contributed by atoms with Crippen LogP contribution in [0.5, 0.6) is 0 Å². The molecular weight excluding hydrogens is 325 g/mol. The first-order chi connectivity index (χ1) is 9.72. The molecule has 1 aliphatic heterocycles. The molecule has 0 radical (unpaired) electrons. The molecular formula is C15H25Cl2N3O2. The van der Waals surface area contributed by atoms with Crippen molar-refractivity contribution in [3.8, 4) is 0 Å². The van der Waals surface area contributed by atoms with E-state index in [4.69, 9.17) is 4.74 Å². The number of hydrogen-bond acceptors (Lipinski definition) is 4. The van der Waals surface area contributed by atoms with Crippen LogP contribution in [0.2, 0.25) is 0 Å². The molecule has 1 aliphatic rings. The number of benzene rings is 1. The minimum Gasteiger partial charge on any atom is -0.378 e. The highest BCUT2D eigenvalue weighted by Gasteiger charge is 2.18. The van der Waals surface area contributed by atoms with Crippen LogP contribution in [0, 0.1) is 0 Å². The molecule has 2 rings (SSSR count). The topological polar surface area (TPSA) is 53.6 Å². The van der Waals surface area contributed by atoms with Crippen molar-refractivity contribution in [1.29, 1.82) is 0 Å². The number of nitrogens with zero attached hydrogens (tertiary/aromatic N) is 1. The third-order valence-corrected chi connectivity index (χ3v) is 3.56. The van der Waals surface area contributed by atoms with Crippen molar-refractivity contribution in [3.63, 3.8) is 0 Å². The number of halogens is 2. The molecule has 126 valence electrons. The fourth-order valence-electron chi connectivity index (χ4n) is 2.19. The number of carbonyl (C=O) groups is 1. The van der Waals surface area contributed by atoms with Gasteiger partial charge in [-0.05, 0) is 26.1 Å². The van der Waals surface area contributed by atoms with Crippen molar-refractivity contribution < 1.29 is 9.53 Å². The van der Waals surface area contributed by atoms with Crippen LogP contribution in [-0.2, 0) is 4.74 Å². The summed E-state index contributed by atoms with van der Waals surface area (Å²) in [6.45, 7) is 5.74. The summed E-state index contributed by atoms with van der Waals surface area (Å²) in [6, 6.07) is 8.01. The molecule has 1 aromatic rings. The van der Waals surface area contributed by atoms with Gasteiger partial charge in [0.05, 0.1) is 18.8 Å². The predicted molar refractivity (Wildman–Crippen MR) is 94.8 cm³/mol. The molecule has 1 unspecified atom stereocenters. The van der Waals surface area contributed by atoms with Gasteiger partial charge in [-0.25, -0.2) is 0 Å². The molecule has 0 bridgehead atoms. The average Bonchev–Trinajstić information content (AvgIpc) is 2.53. The highest BCUT2D eigenvalue weighted by molar-refractivity contribution is 5.99. The van der Waals surface area contributed by atoms with Gasteiger partial charge in [-0.3, -0.25) is 4.79 Å². The Morgan fingerprint density at radius 2 is 1.91 bits per heavy atom. The smallest absolute Gasteiger partial charge is 0.253 e. The molecule has 1 amide bonds. The number of ether oxygens (including phenoxy) is 1. The summed E-state index contributed by atoms with van der Waals surface area (Å²) < 4.78 is 5.36. The van der Waals surface area contributed by atoms with Crippen molar-refractivity contribution in [2.24, 2.45) is 0 Å². The molecule has 1 fully saturated rings. The number of morpholine rings is 1. The number of anilines is 1. The summed E-state index contributed by atoms with van der Waals surface area (Å²) in [4.78, 5) is 14.5. The Morgan fingerprint density at radius 1 is 1.27 bits per heavy atom. The zero-order valence-electron chi connectivity index (χ0n) is 13.0. The van der Waals surface area contributed by atoms with Crippen molar-refractivity contribution >= 4 is 36.4 Å². The second-order valence-corrected chi connectivity index (χ2v) is 5.02. The average molecular weight is 350 g/mol.